The van der Waals surface area contributed by atoms with Gasteiger partial charge in [0.25, 0.3) is 0 Å². The Morgan fingerprint density at radius 3 is 1.89 bits per heavy atom. The quantitative estimate of drug-likeness (QED) is 0.249. The van der Waals surface area contributed by atoms with Crippen LogP contribution in [0.5, 0.6) is 0 Å². The highest BCUT2D eigenvalue weighted by molar-refractivity contribution is 7.83. The number of alkyl halides is 3. The highest BCUT2D eigenvalue weighted by Crippen LogP contribution is 2.57. The Morgan fingerprint density at radius 2 is 1.32 bits per heavy atom. The fraction of sp³-hybridized carbons (Fsp3) is 0.161. The molecule has 188 valence electrons. The van der Waals surface area contributed by atoms with Crippen molar-refractivity contribution in [3.05, 3.63) is 132 Å². The summed E-state index contributed by atoms with van der Waals surface area (Å²) >= 11 is 0. The summed E-state index contributed by atoms with van der Waals surface area (Å²) in [5.74, 6) is 2.23. The van der Waals surface area contributed by atoms with Crippen LogP contribution in [0.15, 0.2) is 125 Å². The molecule has 0 N–H and O–H groups in total. The number of allylic oxidation sites excluding steroid dienone is 1. The molecule has 0 fully saturated rings. The van der Waals surface area contributed by atoms with E-state index in [1.165, 1.54) is 11.6 Å². The molecular weight excluding hydrogens is 488 g/mol. The van der Waals surface area contributed by atoms with Crippen LogP contribution in [0.25, 0.3) is 0 Å². The van der Waals surface area contributed by atoms with Crippen LogP contribution < -0.4 is 15.5 Å². The van der Waals surface area contributed by atoms with E-state index < -0.39 is 18.8 Å². The minimum atomic E-state index is -4.44. The van der Waals surface area contributed by atoms with Gasteiger partial charge < -0.3 is 4.90 Å². The summed E-state index contributed by atoms with van der Waals surface area (Å²) in [6, 6.07) is 33.5. The monoisotopic (exact) mass is 516 g/mol. The van der Waals surface area contributed by atoms with Crippen molar-refractivity contribution in [3.8, 4) is 0 Å². The summed E-state index contributed by atoms with van der Waals surface area (Å²) in [5, 5.41) is 1.96. The average Bonchev–Trinajstić information content (AvgIpc) is 3.09. The smallest absolute Gasteiger partial charge is 0.347 e. The van der Waals surface area contributed by atoms with Crippen LogP contribution in [-0.2, 0) is 11.6 Å². The number of rotatable bonds is 4. The molecule has 6 heteroatoms. The molecule has 37 heavy (non-hydrogen) atoms. The lowest BCUT2D eigenvalue weighted by atomic mass is 9.84. The fourth-order valence-electron chi connectivity index (χ4n) is 5.09. The van der Waals surface area contributed by atoms with E-state index in [4.69, 9.17) is 4.74 Å². The minimum absolute atomic E-state index is 0.309. The molecule has 0 radical (unpaired) electrons. The molecule has 4 aromatic rings. The predicted molar refractivity (Wildman–Crippen MR) is 149 cm³/mol. The van der Waals surface area contributed by atoms with Crippen LogP contribution in [-0.4, -0.2) is 7.05 Å². The van der Waals surface area contributed by atoms with Crippen molar-refractivity contribution in [1.29, 1.82) is 0 Å². The third kappa shape index (κ3) is 4.53. The Bertz CT molecular complexity index is 1460. The molecule has 2 nitrogen and oxygen atoms in total. The zero-order valence-electron chi connectivity index (χ0n) is 20.9. The molecule has 5 rings (SSSR count). The van der Waals surface area contributed by atoms with Crippen LogP contribution in [0.3, 0.4) is 0 Å². The van der Waals surface area contributed by atoms with E-state index in [0.29, 0.717) is 5.69 Å². The van der Waals surface area contributed by atoms with Gasteiger partial charge in [0.15, 0.2) is 0 Å². The van der Waals surface area contributed by atoms with Crippen LogP contribution in [0.4, 0.5) is 24.5 Å². The minimum Gasteiger partial charge on any atom is -0.347 e. The molecular formula is C31H28F3N2P. The lowest BCUT2D eigenvalue weighted by Gasteiger charge is -2.30. The van der Waals surface area contributed by atoms with Crippen LogP contribution in [0.1, 0.15) is 25.0 Å². The summed E-state index contributed by atoms with van der Waals surface area (Å²) in [5.41, 5.74) is 2.70. The first-order valence-corrected chi connectivity index (χ1v) is 13.9. The molecule has 1 aliphatic heterocycles. The van der Waals surface area contributed by atoms with E-state index >= 15 is 0 Å². The topological polar surface area (TPSA) is 15.6 Å². The second kappa shape index (κ2) is 9.39. The van der Waals surface area contributed by atoms with Gasteiger partial charge in [-0.05, 0) is 35.6 Å². The standard InChI is InChI=1S/C31H28F3N2P/c1-30(2)27-19-10-11-20-28(27)36(3)29(30)22-37(25-15-6-4-7-16-25,26-17-8-5-9-18-26)35-24-14-12-13-23(21-24)31(32,33)34/h4-22H,1-3H3/b29-22+. The number of halogens is 3. The van der Waals surface area contributed by atoms with Gasteiger partial charge in [-0.1, -0.05) is 98.8 Å². The van der Waals surface area contributed by atoms with Crippen molar-refractivity contribution in [2.75, 3.05) is 11.9 Å². The van der Waals surface area contributed by atoms with E-state index in [1.54, 1.807) is 6.07 Å². The lowest BCUT2D eigenvalue weighted by molar-refractivity contribution is -0.137. The summed E-state index contributed by atoms with van der Waals surface area (Å²) < 4.78 is 46.1. The lowest BCUT2D eigenvalue weighted by Crippen LogP contribution is -2.25. The first kappa shape index (κ1) is 25.1. The molecule has 4 aromatic carbocycles. The van der Waals surface area contributed by atoms with Gasteiger partial charge in [-0.2, -0.15) is 13.2 Å². The summed E-state index contributed by atoms with van der Waals surface area (Å²) in [4.78, 5) is 2.19. The molecule has 0 saturated heterocycles. The Balaban J connectivity index is 1.87. The molecule has 0 aliphatic carbocycles. The zero-order chi connectivity index (χ0) is 26.3. The Labute approximate surface area is 216 Å². The van der Waals surface area contributed by atoms with Gasteiger partial charge in [0.1, 0.15) is 0 Å². The summed E-state index contributed by atoms with van der Waals surface area (Å²) in [6.45, 7) is 4.38. The number of para-hydroxylation sites is 1. The molecule has 1 aliphatic rings. The molecule has 0 aromatic heterocycles. The number of anilines is 1. The third-order valence-corrected chi connectivity index (χ3v) is 10.3. The van der Waals surface area contributed by atoms with Gasteiger partial charge in [-0.3, -0.25) is 4.74 Å². The van der Waals surface area contributed by atoms with Gasteiger partial charge >= 0.3 is 6.18 Å². The number of hydrogen-bond donors (Lipinski definition) is 0. The first-order valence-electron chi connectivity index (χ1n) is 12.1. The number of nitrogens with zero attached hydrogens (tertiary/aromatic N) is 2. The van der Waals surface area contributed by atoms with Gasteiger partial charge in [0, 0.05) is 34.5 Å². The maximum atomic E-state index is 13.6. The molecule has 0 atom stereocenters. The molecule has 0 saturated carbocycles. The van der Waals surface area contributed by atoms with Crippen LogP contribution in [0.2, 0.25) is 0 Å². The highest BCUT2D eigenvalue weighted by Gasteiger charge is 2.40. The van der Waals surface area contributed by atoms with Crippen molar-refractivity contribution >= 4 is 29.0 Å². The van der Waals surface area contributed by atoms with Crippen LogP contribution >= 0.6 is 7.05 Å². The zero-order valence-corrected chi connectivity index (χ0v) is 21.8. The highest BCUT2D eigenvalue weighted by atomic mass is 31.2. The third-order valence-electron chi connectivity index (χ3n) is 7.00. The average molecular weight is 517 g/mol. The largest absolute Gasteiger partial charge is 0.416 e. The molecule has 0 amide bonds. The summed E-state index contributed by atoms with van der Waals surface area (Å²) in [6.07, 6.45) is -4.44. The SMILES string of the molecule is CN1/C(=C/P(=Nc2cccc(C(F)(F)F)c2)(c2ccccc2)c2ccccc2)C(C)(C)c2ccccc21. The Kier molecular flexibility index (Phi) is 6.37. The number of likely N-dealkylation sites (N-methyl/N-ethyl adjacent to an activating group) is 1. The van der Waals surface area contributed by atoms with Gasteiger partial charge in [0.05, 0.1) is 18.3 Å². The number of hydrogen-bond acceptors (Lipinski definition) is 2. The Morgan fingerprint density at radius 1 is 0.757 bits per heavy atom. The van der Waals surface area contributed by atoms with E-state index in [2.05, 4.69) is 36.7 Å². The first-order chi connectivity index (χ1) is 17.6. The predicted octanol–water partition coefficient (Wildman–Crippen LogP) is 8.46. The van der Waals surface area contributed by atoms with Crippen molar-refractivity contribution in [1.82, 2.24) is 0 Å². The van der Waals surface area contributed by atoms with E-state index in [9.17, 15) is 13.2 Å². The molecule has 0 unspecified atom stereocenters. The fourth-order valence-corrected chi connectivity index (χ4v) is 8.56. The normalized spacial score (nSPS) is 16.1. The van der Waals surface area contributed by atoms with E-state index in [0.717, 1.165) is 34.1 Å². The van der Waals surface area contributed by atoms with Crippen molar-refractivity contribution < 1.29 is 13.2 Å². The molecule has 0 spiro atoms. The van der Waals surface area contributed by atoms with Gasteiger partial charge in [-0.15, -0.1) is 0 Å². The summed E-state index contributed by atoms with van der Waals surface area (Å²) in [7, 11) is -0.686. The van der Waals surface area contributed by atoms with E-state index in [1.807, 2.05) is 79.8 Å². The van der Waals surface area contributed by atoms with Crippen molar-refractivity contribution in [3.63, 3.8) is 0 Å². The molecule has 0 bridgehead atoms. The second-order valence-electron chi connectivity index (χ2n) is 9.72. The number of benzene rings is 4. The number of fused-ring (bicyclic) bond motifs is 1. The van der Waals surface area contributed by atoms with E-state index in [-0.39, 0.29) is 5.41 Å². The molecule has 1 heterocycles. The maximum absolute atomic E-state index is 13.6. The van der Waals surface area contributed by atoms with Gasteiger partial charge in [0.2, 0.25) is 0 Å². The van der Waals surface area contributed by atoms with Crippen molar-refractivity contribution in [2.45, 2.75) is 25.4 Å². The Hall–Kier alpha value is -3.56. The maximum Gasteiger partial charge on any atom is 0.416 e. The van der Waals surface area contributed by atoms with Crippen LogP contribution in [0, 0.1) is 0 Å². The second-order valence-corrected chi connectivity index (χ2v) is 12.6. The van der Waals surface area contributed by atoms with Gasteiger partial charge in [-0.25, -0.2) is 0 Å². The van der Waals surface area contributed by atoms with Crippen molar-refractivity contribution in [2.24, 2.45) is 4.74 Å².